The van der Waals surface area contributed by atoms with Crippen LogP contribution in [0.25, 0.3) is 0 Å². The van der Waals surface area contributed by atoms with Gasteiger partial charge in [0.25, 0.3) is 0 Å². The van der Waals surface area contributed by atoms with Crippen LogP contribution in [0.1, 0.15) is 12.8 Å². The van der Waals surface area contributed by atoms with E-state index in [1.807, 2.05) is 0 Å². The molecule has 16 heavy (non-hydrogen) atoms. The molecule has 0 aromatic heterocycles. The smallest absolute Gasteiger partial charge is 1.00 e. The van der Waals surface area contributed by atoms with E-state index in [0.717, 1.165) is 0 Å². The van der Waals surface area contributed by atoms with E-state index in [1.54, 1.807) is 6.56 Å². The van der Waals surface area contributed by atoms with Crippen LogP contribution in [0.5, 0.6) is 0 Å². The summed E-state index contributed by atoms with van der Waals surface area (Å²) >= 11 is -2.62. The third-order valence-corrected chi connectivity index (χ3v) is 20.9. The molecule has 0 spiro atoms. The largest absolute Gasteiger partial charge is 1.00 e. The van der Waals surface area contributed by atoms with Crippen LogP contribution in [-0.4, -0.2) is 6.88 Å². The van der Waals surface area contributed by atoms with Crippen LogP contribution in [0.3, 0.4) is 0 Å². The third-order valence-electron chi connectivity index (χ3n) is 3.60. The first kappa shape index (κ1) is 16.6. The van der Waals surface area contributed by atoms with Gasteiger partial charge in [0.05, 0.1) is 0 Å². The standard InChI is InChI=1S/2C5H5.2CH3.2ClH.H2Si.Zr/c2*1-2-4-5-3-1;;;;;;/h2*1-3H,4H2;2*1H3;2*1H;1H2;/q;;;;;;;+2/p-2. The van der Waals surface area contributed by atoms with Gasteiger partial charge in [0.1, 0.15) is 0 Å². The topological polar surface area (TPSA) is 0 Å². The predicted molar refractivity (Wildman–Crippen MR) is 64.0 cm³/mol. The molecule has 4 heteroatoms. The molecule has 0 saturated carbocycles. The second-order valence-electron chi connectivity index (χ2n) is 5.33. The molecule has 0 heterocycles. The van der Waals surface area contributed by atoms with E-state index in [-0.39, 0.29) is 24.8 Å². The minimum absolute atomic E-state index is 0. The molecule has 0 saturated heterocycles. The third kappa shape index (κ3) is 2.90. The van der Waals surface area contributed by atoms with Crippen LogP contribution in [0, 0.1) is 0 Å². The molecular formula is C12H18Cl2SiZr. The Morgan fingerprint density at radius 3 is 1.56 bits per heavy atom. The molecule has 2 rings (SSSR count). The van der Waals surface area contributed by atoms with Crippen molar-refractivity contribution in [3.8, 4) is 0 Å². The minimum atomic E-state index is -2.62. The van der Waals surface area contributed by atoms with Gasteiger partial charge in [-0.3, -0.25) is 0 Å². The van der Waals surface area contributed by atoms with Gasteiger partial charge in [-0.15, -0.1) is 0 Å². The van der Waals surface area contributed by atoms with Crippen molar-refractivity contribution >= 4 is 6.88 Å². The molecule has 88 valence electrons. The molecule has 0 aromatic rings. The molecular weight excluding hydrogens is 334 g/mol. The Balaban J connectivity index is 0.00000112. The molecule has 0 unspecified atom stereocenters. The maximum atomic E-state index is 2.57. The van der Waals surface area contributed by atoms with Gasteiger partial charge in [-0.25, -0.2) is 0 Å². The predicted octanol–water partition coefficient (Wildman–Crippen LogP) is -2.98. The average molecular weight is 352 g/mol. The van der Waals surface area contributed by atoms with E-state index in [2.05, 4.69) is 52.6 Å². The Hall–Kier alpha value is 0.640. The number of hydrogen-bond donors (Lipinski definition) is 0. The molecule has 0 N–H and O–H groups in total. The van der Waals surface area contributed by atoms with E-state index in [9.17, 15) is 0 Å². The Bertz CT molecular complexity index is 414. The molecule has 2 aliphatic rings. The van der Waals surface area contributed by atoms with Crippen LogP contribution < -0.4 is 24.8 Å². The SMILES string of the molecule is [CH3][Zr+2]([CH3])(=[SiH2])([C]1=CC=CC1)[C]1=CC=CC1.[Cl-].[Cl-]. The summed E-state index contributed by atoms with van der Waals surface area (Å²) in [6.45, 7) is 2.32. The zero-order valence-electron chi connectivity index (χ0n) is 9.84. The van der Waals surface area contributed by atoms with E-state index in [0.29, 0.717) is 0 Å². The average Bonchev–Trinajstić information content (AvgIpc) is 2.78. The summed E-state index contributed by atoms with van der Waals surface area (Å²) in [6.07, 6.45) is 16.2. The van der Waals surface area contributed by atoms with Gasteiger partial charge in [0, 0.05) is 0 Å². The van der Waals surface area contributed by atoms with Gasteiger partial charge in [0.15, 0.2) is 0 Å². The van der Waals surface area contributed by atoms with Crippen molar-refractivity contribution in [3.05, 3.63) is 43.0 Å². The zero-order valence-corrected chi connectivity index (χ0v) is 15.2. The van der Waals surface area contributed by atoms with Crippen LogP contribution in [-0.2, 0) is 17.4 Å². The molecule has 0 amide bonds. The Morgan fingerprint density at radius 2 is 1.31 bits per heavy atom. The fourth-order valence-corrected chi connectivity index (χ4v) is 13.3. The van der Waals surface area contributed by atoms with Gasteiger partial charge in [0.2, 0.25) is 0 Å². The fraction of sp³-hybridized carbons (Fsp3) is 0.333. The minimum Gasteiger partial charge on any atom is -1.00 e. The summed E-state index contributed by atoms with van der Waals surface area (Å²) in [6, 6.07) is 0. The monoisotopic (exact) mass is 350 g/mol. The normalized spacial score (nSPS) is 17.1. The van der Waals surface area contributed by atoms with Crippen molar-refractivity contribution in [3.63, 3.8) is 0 Å². The first-order valence-corrected chi connectivity index (χ1v) is 18.6. The Morgan fingerprint density at radius 1 is 0.938 bits per heavy atom. The van der Waals surface area contributed by atoms with Gasteiger partial charge >= 0.3 is 89.4 Å². The summed E-state index contributed by atoms with van der Waals surface area (Å²) in [5.41, 5.74) is 0. The second-order valence-corrected chi connectivity index (χ2v) is 34.2. The van der Waals surface area contributed by atoms with Crippen molar-refractivity contribution in [2.75, 3.05) is 0 Å². The molecule has 0 nitrogen and oxygen atoms in total. The summed E-state index contributed by atoms with van der Waals surface area (Å²) in [7, 11) is 0. The quantitative estimate of drug-likeness (QED) is 0.465. The Labute approximate surface area is 113 Å². The first-order valence-electron chi connectivity index (χ1n) is 5.29. The summed E-state index contributed by atoms with van der Waals surface area (Å²) in [4.78, 5) is 0. The molecule has 0 atom stereocenters. The van der Waals surface area contributed by atoms with E-state index in [1.165, 1.54) is 12.8 Å². The molecule has 0 aliphatic heterocycles. The molecule has 2 aliphatic carbocycles. The van der Waals surface area contributed by atoms with Crippen molar-refractivity contribution in [2.45, 2.75) is 22.1 Å². The molecule has 0 aromatic carbocycles. The second kappa shape index (κ2) is 5.52. The molecule has 0 fully saturated rings. The summed E-state index contributed by atoms with van der Waals surface area (Å²) in [5.74, 6) is 0. The number of allylic oxidation sites excluding steroid dienone is 8. The van der Waals surface area contributed by atoms with Crippen molar-refractivity contribution in [2.24, 2.45) is 0 Å². The maximum Gasteiger partial charge on any atom is -1.00 e. The number of halogens is 2. The number of rotatable bonds is 2. The van der Waals surface area contributed by atoms with Crippen LogP contribution in [0.2, 0.25) is 9.26 Å². The van der Waals surface area contributed by atoms with Crippen LogP contribution in [0.4, 0.5) is 0 Å². The van der Waals surface area contributed by atoms with Gasteiger partial charge < -0.3 is 24.8 Å². The Kier molecular flexibility index (Phi) is 5.74. The maximum absolute atomic E-state index is 2.62. The van der Waals surface area contributed by atoms with E-state index < -0.39 is 17.4 Å². The van der Waals surface area contributed by atoms with Gasteiger partial charge in [-0.1, -0.05) is 0 Å². The van der Waals surface area contributed by atoms with E-state index in [4.69, 9.17) is 0 Å². The zero-order chi connectivity index (χ0) is 10.3. The van der Waals surface area contributed by atoms with E-state index >= 15 is 0 Å². The van der Waals surface area contributed by atoms with Crippen LogP contribution in [0.15, 0.2) is 43.0 Å². The summed E-state index contributed by atoms with van der Waals surface area (Å²) < 4.78 is 8.63. The van der Waals surface area contributed by atoms with Crippen molar-refractivity contribution in [1.82, 2.24) is 0 Å². The molecule has 0 bridgehead atoms. The van der Waals surface area contributed by atoms with Crippen molar-refractivity contribution in [1.29, 1.82) is 0 Å². The van der Waals surface area contributed by atoms with Crippen LogP contribution >= 0.6 is 0 Å². The number of hydrogen-bond acceptors (Lipinski definition) is 0. The summed E-state index contributed by atoms with van der Waals surface area (Å²) in [5, 5.41) is 0. The molecule has 0 radical (unpaired) electrons. The first-order chi connectivity index (χ1) is 6.49. The van der Waals surface area contributed by atoms with Gasteiger partial charge in [-0.2, -0.15) is 0 Å². The fourth-order valence-electron chi connectivity index (χ4n) is 2.29. The van der Waals surface area contributed by atoms with Crippen molar-refractivity contribution < 1.29 is 42.2 Å². The van der Waals surface area contributed by atoms with Gasteiger partial charge in [-0.05, 0) is 0 Å².